The summed E-state index contributed by atoms with van der Waals surface area (Å²) in [4.78, 5) is 18.4. The average Bonchev–Trinajstić information content (AvgIpc) is 2.50. The monoisotopic (exact) mass is 301 g/mol. The van der Waals surface area contributed by atoms with E-state index in [-0.39, 0.29) is 5.91 Å². The first-order chi connectivity index (χ1) is 10.6. The second kappa shape index (κ2) is 8.69. The summed E-state index contributed by atoms with van der Waals surface area (Å²) in [5, 5.41) is 2.93. The smallest absolute Gasteiger partial charge is 0.244 e. The van der Waals surface area contributed by atoms with Crippen LogP contribution in [0.1, 0.15) is 32.4 Å². The Labute approximate surface area is 133 Å². The number of carbonyl (C=O) groups is 1. The van der Waals surface area contributed by atoms with E-state index in [1.54, 1.807) is 18.3 Å². The lowest BCUT2D eigenvalue weighted by Crippen LogP contribution is -2.40. The van der Waals surface area contributed by atoms with Gasteiger partial charge in [-0.25, -0.2) is 0 Å². The van der Waals surface area contributed by atoms with Crippen molar-refractivity contribution < 1.29 is 4.79 Å². The number of hydrogen-bond donors (Lipinski definition) is 1. The summed E-state index contributed by atoms with van der Waals surface area (Å²) >= 11 is 0. The first-order valence-electron chi connectivity index (χ1n) is 8.23. The molecule has 0 radical (unpaired) electrons. The molecule has 0 saturated carbocycles. The van der Waals surface area contributed by atoms with Crippen molar-refractivity contribution in [2.24, 2.45) is 11.8 Å². The van der Waals surface area contributed by atoms with E-state index in [0.29, 0.717) is 0 Å². The first-order valence-corrected chi connectivity index (χ1v) is 8.23. The predicted octanol–water partition coefficient (Wildman–Crippen LogP) is 2.58. The molecule has 4 nitrogen and oxygen atoms in total. The zero-order valence-corrected chi connectivity index (χ0v) is 13.7. The van der Waals surface area contributed by atoms with Gasteiger partial charge in [0.25, 0.3) is 0 Å². The van der Waals surface area contributed by atoms with Gasteiger partial charge >= 0.3 is 0 Å². The number of rotatable bonds is 6. The highest BCUT2D eigenvalue weighted by Gasteiger charge is 2.20. The van der Waals surface area contributed by atoms with Gasteiger partial charge in [-0.2, -0.15) is 0 Å². The predicted molar refractivity (Wildman–Crippen MR) is 90.3 cm³/mol. The number of piperidine rings is 1. The Morgan fingerprint density at radius 1 is 1.36 bits per heavy atom. The minimum absolute atomic E-state index is 0.0500. The molecule has 1 aliphatic heterocycles. The van der Waals surface area contributed by atoms with Crippen molar-refractivity contribution in [3.05, 3.63) is 36.2 Å². The Kier molecular flexibility index (Phi) is 6.59. The molecule has 1 aliphatic rings. The lowest BCUT2D eigenvalue weighted by Gasteiger charge is -2.34. The molecule has 1 N–H and O–H groups in total. The van der Waals surface area contributed by atoms with E-state index in [4.69, 9.17) is 0 Å². The number of amides is 1. The molecular formula is C18H27N3O. The van der Waals surface area contributed by atoms with Gasteiger partial charge < -0.3 is 10.2 Å². The molecular weight excluding hydrogens is 274 g/mol. The molecule has 22 heavy (non-hydrogen) atoms. The fourth-order valence-corrected chi connectivity index (χ4v) is 3.18. The van der Waals surface area contributed by atoms with Crippen LogP contribution in [0, 0.1) is 11.8 Å². The summed E-state index contributed by atoms with van der Waals surface area (Å²) < 4.78 is 0. The number of nitrogens with zero attached hydrogens (tertiary/aromatic N) is 2. The van der Waals surface area contributed by atoms with E-state index < -0.39 is 0 Å². The molecule has 1 aromatic heterocycles. The SMILES string of the molecule is CC1CC(C)CN(CCCNC(=O)C=Cc2ccccn2)C1. The van der Waals surface area contributed by atoms with Gasteiger partial charge in [-0.05, 0) is 49.4 Å². The van der Waals surface area contributed by atoms with Crippen LogP contribution in [0.25, 0.3) is 6.08 Å². The molecule has 0 aromatic carbocycles. The number of likely N-dealkylation sites (tertiary alicyclic amines) is 1. The Bertz CT molecular complexity index is 476. The second-order valence-electron chi connectivity index (χ2n) is 6.44. The van der Waals surface area contributed by atoms with E-state index in [1.807, 2.05) is 18.2 Å². The quantitative estimate of drug-likeness (QED) is 0.649. The molecule has 2 atom stereocenters. The third kappa shape index (κ3) is 5.98. The van der Waals surface area contributed by atoms with Crippen molar-refractivity contribution in [1.29, 1.82) is 0 Å². The molecule has 2 heterocycles. The highest BCUT2D eigenvalue weighted by atomic mass is 16.1. The Morgan fingerprint density at radius 3 is 2.82 bits per heavy atom. The zero-order chi connectivity index (χ0) is 15.8. The lowest BCUT2D eigenvalue weighted by molar-refractivity contribution is -0.116. The van der Waals surface area contributed by atoms with Crippen LogP contribution in [-0.4, -0.2) is 42.0 Å². The maximum absolute atomic E-state index is 11.7. The second-order valence-corrected chi connectivity index (χ2v) is 6.44. The topological polar surface area (TPSA) is 45.2 Å². The summed E-state index contributed by atoms with van der Waals surface area (Å²) in [5.41, 5.74) is 0.800. The number of hydrogen-bond acceptors (Lipinski definition) is 3. The lowest BCUT2D eigenvalue weighted by atomic mass is 9.92. The fourth-order valence-electron chi connectivity index (χ4n) is 3.18. The highest BCUT2D eigenvalue weighted by Crippen LogP contribution is 2.20. The van der Waals surface area contributed by atoms with E-state index >= 15 is 0 Å². The number of nitrogens with one attached hydrogen (secondary N) is 1. The molecule has 1 fully saturated rings. The van der Waals surface area contributed by atoms with Crippen LogP contribution in [0.3, 0.4) is 0 Å². The van der Waals surface area contributed by atoms with Crippen LogP contribution < -0.4 is 5.32 Å². The van der Waals surface area contributed by atoms with Crippen molar-refractivity contribution >= 4 is 12.0 Å². The maximum atomic E-state index is 11.7. The summed E-state index contributed by atoms with van der Waals surface area (Å²) in [6.07, 6.45) is 7.35. The first kappa shape index (κ1) is 16.7. The zero-order valence-electron chi connectivity index (χ0n) is 13.7. The van der Waals surface area contributed by atoms with Crippen molar-refractivity contribution in [2.45, 2.75) is 26.7 Å². The summed E-state index contributed by atoms with van der Waals surface area (Å²) in [5.74, 6) is 1.53. The summed E-state index contributed by atoms with van der Waals surface area (Å²) in [6, 6.07) is 5.65. The minimum atomic E-state index is -0.0500. The van der Waals surface area contributed by atoms with Crippen molar-refractivity contribution in [1.82, 2.24) is 15.2 Å². The molecule has 0 spiro atoms. The van der Waals surface area contributed by atoms with Crippen molar-refractivity contribution in [2.75, 3.05) is 26.2 Å². The Hall–Kier alpha value is -1.68. The molecule has 1 aromatic rings. The third-order valence-electron chi connectivity index (χ3n) is 3.99. The van der Waals surface area contributed by atoms with E-state index in [1.165, 1.54) is 19.5 Å². The van der Waals surface area contributed by atoms with Gasteiger partial charge in [0.15, 0.2) is 0 Å². The molecule has 0 aliphatic carbocycles. The molecule has 2 rings (SSSR count). The van der Waals surface area contributed by atoms with Crippen LogP contribution in [-0.2, 0) is 4.79 Å². The van der Waals surface area contributed by atoms with Gasteiger partial charge in [0.2, 0.25) is 5.91 Å². The van der Waals surface area contributed by atoms with E-state index in [0.717, 1.165) is 37.0 Å². The van der Waals surface area contributed by atoms with Crippen LogP contribution in [0.5, 0.6) is 0 Å². The van der Waals surface area contributed by atoms with E-state index in [9.17, 15) is 4.79 Å². The van der Waals surface area contributed by atoms with Gasteiger partial charge in [0.05, 0.1) is 5.69 Å². The average molecular weight is 301 g/mol. The maximum Gasteiger partial charge on any atom is 0.244 e. The van der Waals surface area contributed by atoms with Crippen molar-refractivity contribution in [3.8, 4) is 0 Å². The van der Waals surface area contributed by atoms with Crippen molar-refractivity contribution in [3.63, 3.8) is 0 Å². The van der Waals surface area contributed by atoms with Gasteiger partial charge in [-0.1, -0.05) is 19.9 Å². The normalized spacial score (nSPS) is 22.8. The summed E-state index contributed by atoms with van der Waals surface area (Å²) in [6.45, 7) is 8.83. The molecule has 120 valence electrons. The van der Waals surface area contributed by atoms with Crippen LogP contribution in [0.15, 0.2) is 30.5 Å². The summed E-state index contributed by atoms with van der Waals surface area (Å²) in [7, 11) is 0. The minimum Gasteiger partial charge on any atom is -0.353 e. The van der Waals surface area contributed by atoms with Gasteiger partial charge in [-0.15, -0.1) is 0 Å². The van der Waals surface area contributed by atoms with Gasteiger partial charge in [0, 0.05) is 31.9 Å². The molecule has 0 bridgehead atoms. The molecule has 1 amide bonds. The Morgan fingerprint density at radius 2 is 2.14 bits per heavy atom. The Balaban J connectivity index is 1.62. The fraction of sp³-hybridized carbons (Fsp3) is 0.556. The van der Waals surface area contributed by atoms with Crippen LogP contribution >= 0.6 is 0 Å². The molecule has 1 saturated heterocycles. The third-order valence-corrected chi connectivity index (χ3v) is 3.99. The molecule has 2 unspecified atom stereocenters. The number of carbonyl (C=O) groups excluding carboxylic acids is 1. The molecule has 4 heteroatoms. The van der Waals surface area contributed by atoms with Gasteiger partial charge in [0.1, 0.15) is 0 Å². The van der Waals surface area contributed by atoms with Gasteiger partial charge in [-0.3, -0.25) is 9.78 Å². The standard InChI is InChI=1S/C18H27N3O/c1-15-12-16(2)14-21(13-15)11-5-10-20-18(22)8-7-17-6-3-4-9-19-17/h3-4,6-9,15-16H,5,10-14H2,1-2H3,(H,20,22). The largest absolute Gasteiger partial charge is 0.353 e. The van der Waals surface area contributed by atoms with Crippen LogP contribution in [0.2, 0.25) is 0 Å². The van der Waals surface area contributed by atoms with E-state index in [2.05, 4.69) is 29.0 Å². The van der Waals surface area contributed by atoms with Crippen LogP contribution in [0.4, 0.5) is 0 Å². The number of pyridine rings is 1. The highest BCUT2D eigenvalue weighted by molar-refractivity contribution is 5.91. The number of aromatic nitrogens is 1.